The molecule has 19 heavy (non-hydrogen) atoms. The van der Waals surface area contributed by atoms with Crippen LogP contribution in [0.1, 0.15) is 10.4 Å². The van der Waals surface area contributed by atoms with Crippen LogP contribution >= 0.6 is 10.8 Å². The number of aromatic carboxylic acids is 1. The Morgan fingerprint density at radius 1 is 1.26 bits per heavy atom. The van der Waals surface area contributed by atoms with E-state index >= 15 is 0 Å². The van der Waals surface area contributed by atoms with E-state index in [0.29, 0.717) is 6.07 Å². The number of carbonyl (C=O) groups is 1. The van der Waals surface area contributed by atoms with Crippen molar-refractivity contribution >= 4 is 31.6 Å². The van der Waals surface area contributed by atoms with Crippen LogP contribution in [0.25, 0.3) is 0 Å². The van der Waals surface area contributed by atoms with Crippen molar-refractivity contribution in [3.8, 4) is 0 Å². The van der Waals surface area contributed by atoms with Gasteiger partial charge in [0.05, 0.1) is 16.5 Å². The van der Waals surface area contributed by atoms with Gasteiger partial charge < -0.3 is 14.5 Å². The van der Waals surface area contributed by atoms with E-state index in [1.165, 1.54) is 0 Å². The van der Waals surface area contributed by atoms with Gasteiger partial charge in [0.1, 0.15) is 0 Å². The van der Waals surface area contributed by atoms with E-state index in [4.69, 9.17) is 0 Å². The summed E-state index contributed by atoms with van der Waals surface area (Å²) in [5, 5.41) is 21.0. The van der Waals surface area contributed by atoms with Gasteiger partial charge in [-0.3, -0.25) is 10.1 Å². The number of hydrogen-bond donors (Lipinski definition) is 0. The van der Waals surface area contributed by atoms with Gasteiger partial charge in [0, 0.05) is 11.0 Å². The van der Waals surface area contributed by atoms with E-state index in [1.54, 1.807) is 0 Å². The third kappa shape index (κ3) is 7.06. The first-order valence-electron chi connectivity index (χ1n) is 3.86. The molecule has 1 aromatic carbocycles. The molecular formula is C7H3NNa2O7S2. The maximum Gasteiger partial charge on any atom is 1.00 e. The maximum absolute atomic E-state index is 10.6. The zero-order valence-electron chi connectivity index (χ0n) is 9.85. The predicted molar refractivity (Wildman–Crippen MR) is 53.0 cm³/mol. The largest absolute Gasteiger partial charge is 1.00 e. The molecule has 0 saturated carbocycles. The Hall–Kier alpha value is 0.350. The quantitative estimate of drug-likeness (QED) is 0.175. The van der Waals surface area contributed by atoms with Gasteiger partial charge in [0.15, 0.2) is 9.15 Å². The Bertz CT molecular complexity index is 589. The molecule has 0 aliphatic carbocycles. The zero-order valence-corrected chi connectivity index (χ0v) is 15.5. The topological polar surface area (TPSA) is 140 Å². The summed E-state index contributed by atoms with van der Waals surface area (Å²) in [4.78, 5) is 19.9. The van der Waals surface area contributed by atoms with Crippen LogP contribution in [0.4, 0.5) is 5.69 Å². The Labute approximate surface area is 155 Å². The molecule has 0 fully saturated rings. The first-order chi connectivity index (χ1) is 7.70. The smallest absolute Gasteiger partial charge is 0.739 e. The first kappa shape index (κ1) is 21.6. The van der Waals surface area contributed by atoms with Gasteiger partial charge in [-0.2, -0.15) is 0 Å². The third-order valence-electron chi connectivity index (χ3n) is 1.58. The summed E-state index contributed by atoms with van der Waals surface area (Å²) in [6, 6.07) is 2.46. The van der Waals surface area contributed by atoms with Crippen LogP contribution in [0.15, 0.2) is 23.1 Å². The van der Waals surface area contributed by atoms with Crippen LogP contribution in [0.2, 0.25) is 0 Å². The van der Waals surface area contributed by atoms with E-state index in [9.17, 15) is 33.0 Å². The summed E-state index contributed by atoms with van der Waals surface area (Å²) in [6.45, 7) is 0. The average Bonchev–Trinajstić information content (AvgIpc) is 2.14. The molecule has 0 aliphatic rings. The number of nitro groups is 1. The van der Waals surface area contributed by atoms with Crippen molar-refractivity contribution in [1.29, 1.82) is 0 Å². The van der Waals surface area contributed by atoms with Gasteiger partial charge >= 0.3 is 59.1 Å². The van der Waals surface area contributed by atoms with Crippen molar-refractivity contribution in [3.05, 3.63) is 33.9 Å². The fourth-order valence-corrected chi connectivity index (χ4v) is 2.55. The minimum atomic E-state index is -4.67. The van der Waals surface area contributed by atoms with Crippen LogP contribution in [-0.4, -0.2) is 23.9 Å². The van der Waals surface area contributed by atoms with E-state index in [2.05, 4.69) is 0 Å². The van der Waals surface area contributed by atoms with Crippen molar-refractivity contribution in [2.45, 2.75) is 4.90 Å². The normalized spacial score (nSPS) is 9.95. The van der Waals surface area contributed by atoms with Gasteiger partial charge in [-0.05, 0) is 22.9 Å². The summed E-state index contributed by atoms with van der Waals surface area (Å²) >= 11 is 0. The van der Waals surface area contributed by atoms with Gasteiger partial charge in [0.2, 0.25) is 0 Å². The second-order valence-electron chi connectivity index (χ2n) is 2.72. The molecule has 0 heterocycles. The molecule has 0 saturated heterocycles. The van der Waals surface area contributed by atoms with Crippen LogP contribution in [0, 0.1) is 10.1 Å². The van der Waals surface area contributed by atoms with Crippen LogP contribution in [0.5, 0.6) is 0 Å². The van der Waals surface area contributed by atoms with E-state index in [-0.39, 0.29) is 74.8 Å². The van der Waals surface area contributed by atoms with Crippen molar-refractivity contribution < 1.29 is 86.9 Å². The van der Waals surface area contributed by atoms with Crippen LogP contribution in [0.3, 0.4) is 0 Å². The molecular weight excluding hydrogens is 320 g/mol. The van der Waals surface area contributed by atoms with Crippen molar-refractivity contribution in [1.82, 2.24) is 0 Å². The molecule has 92 valence electrons. The minimum Gasteiger partial charge on any atom is -0.739 e. The molecule has 0 amide bonds. The number of nitrogens with zero attached hydrogens (tertiary/aromatic N) is 1. The molecule has 1 rings (SSSR count). The van der Waals surface area contributed by atoms with Crippen molar-refractivity contribution in [2.24, 2.45) is 0 Å². The number of nitro benzene ring substituents is 1. The second-order valence-corrected chi connectivity index (χ2v) is 5.89. The Balaban J connectivity index is 0. The van der Waals surface area contributed by atoms with Crippen LogP contribution < -0.4 is 64.2 Å². The summed E-state index contributed by atoms with van der Waals surface area (Å²) in [6.07, 6.45) is 0. The molecule has 0 atom stereocenters. The SMILES string of the molecule is O=C([O-])c1cc(SS(=O)(=O)[O-])ccc1[N+](=O)[O-].[Na+].[Na+]. The second kappa shape index (κ2) is 8.60. The van der Waals surface area contributed by atoms with Crippen molar-refractivity contribution in [3.63, 3.8) is 0 Å². The number of benzene rings is 1. The fourth-order valence-electron chi connectivity index (χ4n) is 1.01. The van der Waals surface area contributed by atoms with E-state index in [0.717, 1.165) is 12.1 Å². The molecule has 0 unspecified atom stereocenters. The molecule has 0 aromatic heterocycles. The van der Waals surface area contributed by atoms with Gasteiger partial charge in [0.25, 0.3) is 5.69 Å². The number of rotatable bonds is 4. The zero-order chi connectivity index (χ0) is 13.2. The first-order valence-corrected chi connectivity index (χ1v) is 6.60. The number of carboxylic acids is 1. The standard InChI is InChI=1S/C7H5NO7S2.2Na/c9-7(10)5-3-4(16-17(13,14)15)1-2-6(5)8(11)12;;/h1-3H,(H,9,10)(H,13,14,15);;/q;2*+1/p-2. The minimum absolute atomic E-state index is 0. The molecule has 0 N–H and O–H groups in total. The molecule has 12 heteroatoms. The Morgan fingerprint density at radius 2 is 1.79 bits per heavy atom. The average molecular weight is 323 g/mol. The molecule has 0 aliphatic heterocycles. The van der Waals surface area contributed by atoms with Gasteiger partial charge in [-0.25, -0.2) is 8.42 Å². The molecule has 0 radical (unpaired) electrons. The maximum atomic E-state index is 10.6. The number of carbonyl (C=O) groups excluding carboxylic acids is 1. The van der Waals surface area contributed by atoms with Gasteiger partial charge in [-0.1, -0.05) is 0 Å². The Kier molecular flexibility index (Phi) is 9.79. The number of hydrogen-bond acceptors (Lipinski definition) is 8. The summed E-state index contributed by atoms with van der Waals surface area (Å²) in [5.74, 6) is -1.83. The Morgan fingerprint density at radius 3 is 2.16 bits per heavy atom. The number of carboxylic acid groups (broad SMARTS) is 1. The summed E-state index contributed by atoms with van der Waals surface area (Å²) in [7, 11) is -4.81. The fraction of sp³-hybridized carbons (Fsp3) is 0. The van der Waals surface area contributed by atoms with Crippen LogP contribution in [-0.2, 0) is 9.15 Å². The summed E-state index contributed by atoms with van der Waals surface area (Å²) < 4.78 is 31.2. The molecule has 8 nitrogen and oxygen atoms in total. The molecule has 0 bridgehead atoms. The monoisotopic (exact) mass is 323 g/mol. The third-order valence-corrected chi connectivity index (χ3v) is 3.42. The van der Waals surface area contributed by atoms with E-state index < -0.39 is 31.3 Å². The molecule has 0 spiro atoms. The van der Waals surface area contributed by atoms with Crippen molar-refractivity contribution in [2.75, 3.05) is 0 Å². The van der Waals surface area contributed by atoms with Gasteiger partial charge in [-0.15, -0.1) is 0 Å². The molecule has 1 aromatic rings. The summed E-state index contributed by atoms with van der Waals surface area (Å²) in [5.41, 5.74) is -1.53. The predicted octanol–water partition coefficient (Wildman–Crippen LogP) is -6.48. The van der Waals surface area contributed by atoms with E-state index in [1.807, 2.05) is 0 Å².